The van der Waals surface area contributed by atoms with Crippen LogP contribution in [0.4, 0.5) is 0 Å². The molecule has 0 saturated heterocycles. The fraction of sp³-hybridized carbons (Fsp3) is 0.533. The van der Waals surface area contributed by atoms with Gasteiger partial charge in [0.2, 0.25) is 0 Å². The topological polar surface area (TPSA) is 38.8 Å². The Morgan fingerprint density at radius 3 is 2.63 bits per heavy atom. The van der Waals surface area contributed by atoms with Crippen LogP contribution in [0.2, 0.25) is 0 Å². The summed E-state index contributed by atoms with van der Waals surface area (Å²) in [5, 5.41) is 0. The van der Waals surface area contributed by atoms with E-state index in [1.54, 1.807) is 7.11 Å². The quantitative estimate of drug-likeness (QED) is 0.737. The van der Waals surface area contributed by atoms with Crippen molar-refractivity contribution in [2.75, 3.05) is 21.3 Å². The maximum Gasteiger partial charge on any atom is 0.323 e. The molecule has 1 atom stereocenters. The molecule has 0 heterocycles. The third-order valence-corrected chi connectivity index (χ3v) is 3.60. The first kappa shape index (κ1) is 13.9. The van der Waals surface area contributed by atoms with Gasteiger partial charge in [0.15, 0.2) is 0 Å². The van der Waals surface area contributed by atoms with Crippen molar-refractivity contribution in [3.05, 3.63) is 29.8 Å². The molecule has 0 bridgehead atoms. The molecule has 4 heteroatoms. The molecule has 0 amide bonds. The van der Waals surface area contributed by atoms with Gasteiger partial charge in [-0.05, 0) is 31.9 Å². The Morgan fingerprint density at radius 2 is 2.05 bits per heavy atom. The van der Waals surface area contributed by atoms with Gasteiger partial charge in [-0.3, -0.25) is 9.69 Å². The van der Waals surface area contributed by atoms with E-state index in [2.05, 4.69) is 4.90 Å². The summed E-state index contributed by atoms with van der Waals surface area (Å²) in [7, 11) is 5.08. The van der Waals surface area contributed by atoms with Crippen molar-refractivity contribution in [3.63, 3.8) is 0 Å². The van der Waals surface area contributed by atoms with Crippen LogP contribution >= 0.6 is 0 Å². The number of carbonyl (C=O) groups excluding carboxylic acids is 1. The molecule has 1 aromatic carbocycles. The van der Waals surface area contributed by atoms with Crippen molar-refractivity contribution in [1.29, 1.82) is 0 Å². The van der Waals surface area contributed by atoms with Crippen LogP contribution in [0.25, 0.3) is 0 Å². The molecular weight excluding hydrogens is 242 g/mol. The Kier molecular flexibility index (Phi) is 4.43. The van der Waals surface area contributed by atoms with Crippen LogP contribution < -0.4 is 4.74 Å². The van der Waals surface area contributed by atoms with Crippen LogP contribution in [0.5, 0.6) is 5.75 Å². The fourth-order valence-corrected chi connectivity index (χ4v) is 2.47. The Morgan fingerprint density at radius 1 is 1.37 bits per heavy atom. The first-order valence-electron chi connectivity index (χ1n) is 6.57. The molecule has 0 N–H and O–H groups in total. The number of hydrogen-bond acceptors (Lipinski definition) is 4. The van der Waals surface area contributed by atoms with Gasteiger partial charge in [-0.15, -0.1) is 0 Å². The first-order valence-corrected chi connectivity index (χ1v) is 6.57. The zero-order valence-electron chi connectivity index (χ0n) is 11.8. The molecule has 1 aromatic rings. The van der Waals surface area contributed by atoms with E-state index in [4.69, 9.17) is 9.47 Å². The summed E-state index contributed by atoms with van der Waals surface area (Å²) < 4.78 is 10.3. The third-order valence-electron chi connectivity index (χ3n) is 3.60. The lowest BCUT2D eigenvalue weighted by atomic mass is 10.1. The lowest BCUT2D eigenvalue weighted by molar-refractivity contribution is -0.147. The number of carbonyl (C=O) groups is 1. The van der Waals surface area contributed by atoms with Crippen LogP contribution in [0, 0.1) is 5.92 Å². The minimum Gasteiger partial charge on any atom is -0.496 e. The maximum absolute atomic E-state index is 11.9. The van der Waals surface area contributed by atoms with Gasteiger partial charge in [0, 0.05) is 12.1 Å². The SMILES string of the molecule is COC(=O)C(C1CC1)N(C)Cc1ccccc1OC. The fourth-order valence-electron chi connectivity index (χ4n) is 2.47. The molecule has 1 aliphatic carbocycles. The number of rotatable bonds is 6. The van der Waals surface area contributed by atoms with Crippen LogP contribution in [-0.4, -0.2) is 38.2 Å². The molecule has 1 unspecified atom stereocenters. The van der Waals surface area contributed by atoms with Crippen molar-refractivity contribution < 1.29 is 14.3 Å². The molecular formula is C15H21NO3. The van der Waals surface area contributed by atoms with Gasteiger partial charge in [-0.25, -0.2) is 0 Å². The van der Waals surface area contributed by atoms with Crippen LogP contribution in [0.15, 0.2) is 24.3 Å². The number of likely N-dealkylation sites (N-methyl/N-ethyl adjacent to an activating group) is 1. The summed E-state index contributed by atoms with van der Waals surface area (Å²) in [5.41, 5.74) is 1.09. The Balaban J connectivity index is 2.10. The van der Waals surface area contributed by atoms with Gasteiger partial charge in [-0.1, -0.05) is 18.2 Å². The average Bonchev–Trinajstić information content (AvgIpc) is 3.24. The largest absolute Gasteiger partial charge is 0.496 e. The second-order valence-electron chi connectivity index (χ2n) is 5.03. The van der Waals surface area contributed by atoms with E-state index in [1.807, 2.05) is 31.3 Å². The molecule has 19 heavy (non-hydrogen) atoms. The van der Waals surface area contributed by atoms with Gasteiger partial charge < -0.3 is 9.47 Å². The number of hydrogen-bond donors (Lipinski definition) is 0. The van der Waals surface area contributed by atoms with E-state index in [0.29, 0.717) is 12.5 Å². The molecule has 0 aromatic heterocycles. The van der Waals surface area contributed by atoms with Crippen LogP contribution in [0.3, 0.4) is 0 Å². The number of methoxy groups -OCH3 is 2. The van der Waals surface area contributed by atoms with Crippen molar-refractivity contribution in [2.45, 2.75) is 25.4 Å². The molecule has 1 aliphatic rings. The molecule has 2 rings (SSSR count). The summed E-state index contributed by atoms with van der Waals surface area (Å²) in [6.07, 6.45) is 2.21. The maximum atomic E-state index is 11.9. The third kappa shape index (κ3) is 3.26. The minimum absolute atomic E-state index is 0.139. The number of ether oxygens (including phenoxy) is 2. The first-order chi connectivity index (χ1) is 9.17. The van der Waals surface area contributed by atoms with Gasteiger partial charge in [0.05, 0.1) is 14.2 Å². The van der Waals surface area contributed by atoms with Gasteiger partial charge >= 0.3 is 5.97 Å². The van der Waals surface area contributed by atoms with Gasteiger partial charge in [-0.2, -0.15) is 0 Å². The normalized spacial score (nSPS) is 16.2. The Bertz CT molecular complexity index is 443. The monoisotopic (exact) mass is 263 g/mol. The summed E-state index contributed by atoms with van der Waals surface area (Å²) >= 11 is 0. The predicted octanol–water partition coefficient (Wildman–Crippen LogP) is 2.08. The van der Waals surface area contributed by atoms with Gasteiger partial charge in [0.25, 0.3) is 0 Å². The summed E-state index contributed by atoms with van der Waals surface area (Å²) in [5.74, 6) is 1.15. The standard InChI is InChI=1S/C15H21NO3/c1-16(14(11-8-9-11)15(17)19-3)10-12-6-4-5-7-13(12)18-2/h4-7,11,14H,8-10H2,1-3H3. The highest BCUT2D eigenvalue weighted by atomic mass is 16.5. The second-order valence-corrected chi connectivity index (χ2v) is 5.03. The summed E-state index contributed by atoms with van der Waals surface area (Å²) in [4.78, 5) is 13.9. The molecule has 0 aliphatic heterocycles. The molecule has 4 nitrogen and oxygen atoms in total. The Labute approximate surface area is 114 Å². The van der Waals surface area contributed by atoms with Crippen LogP contribution in [-0.2, 0) is 16.1 Å². The van der Waals surface area contributed by atoms with E-state index in [9.17, 15) is 4.79 Å². The number of nitrogens with zero attached hydrogens (tertiary/aromatic N) is 1. The minimum atomic E-state index is -0.144. The van der Waals surface area contributed by atoms with Gasteiger partial charge in [0.1, 0.15) is 11.8 Å². The zero-order chi connectivity index (χ0) is 13.8. The van der Waals surface area contributed by atoms with E-state index in [1.165, 1.54) is 7.11 Å². The molecule has 0 radical (unpaired) electrons. The number of para-hydroxylation sites is 1. The van der Waals surface area contributed by atoms with Crippen molar-refractivity contribution in [1.82, 2.24) is 4.90 Å². The second kappa shape index (κ2) is 6.06. The van der Waals surface area contributed by atoms with E-state index in [-0.39, 0.29) is 12.0 Å². The molecule has 104 valence electrons. The molecule has 1 saturated carbocycles. The average molecular weight is 263 g/mol. The molecule has 0 spiro atoms. The van der Waals surface area contributed by atoms with E-state index in [0.717, 1.165) is 24.2 Å². The highest BCUT2D eigenvalue weighted by Gasteiger charge is 2.39. The zero-order valence-corrected chi connectivity index (χ0v) is 11.8. The predicted molar refractivity (Wildman–Crippen MR) is 73.0 cm³/mol. The Hall–Kier alpha value is -1.55. The lowest BCUT2D eigenvalue weighted by Crippen LogP contribution is -2.40. The number of benzene rings is 1. The lowest BCUT2D eigenvalue weighted by Gasteiger charge is -2.26. The van der Waals surface area contributed by atoms with Crippen molar-refractivity contribution >= 4 is 5.97 Å². The molecule has 1 fully saturated rings. The van der Waals surface area contributed by atoms with Crippen molar-refractivity contribution in [2.24, 2.45) is 5.92 Å². The highest BCUT2D eigenvalue weighted by molar-refractivity contribution is 5.76. The number of esters is 1. The summed E-state index contributed by atoms with van der Waals surface area (Å²) in [6.45, 7) is 0.681. The van der Waals surface area contributed by atoms with E-state index < -0.39 is 0 Å². The van der Waals surface area contributed by atoms with E-state index >= 15 is 0 Å². The summed E-state index contributed by atoms with van der Waals surface area (Å²) in [6, 6.07) is 7.75. The highest BCUT2D eigenvalue weighted by Crippen LogP contribution is 2.36. The van der Waals surface area contributed by atoms with Crippen LogP contribution in [0.1, 0.15) is 18.4 Å². The smallest absolute Gasteiger partial charge is 0.323 e. The van der Waals surface area contributed by atoms with Crippen molar-refractivity contribution in [3.8, 4) is 5.75 Å².